The van der Waals surface area contributed by atoms with Gasteiger partial charge in [-0.05, 0) is 43.9 Å². The Balaban J connectivity index is 1.98. The monoisotopic (exact) mass is 260 g/mol. The maximum atomic E-state index is 6.20. The summed E-state index contributed by atoms with van der Waals surface area (Å²) in [6, 6.07) is 6.73. The standard InChI is InChI=1S/C15H20N2S/c1-10-4-5-13(6-11(10)2)7-14(16)8-15-9-18-12(3)17-15/h4-6,9,14H,7-8,16H2,1-3H3. The van der Waals surface area contributed by atoms with Crippen LogP contribution in [0.1, 0.15) is 27.4 Å². The van der Waals surface area contributed by atoms with Crippen LogP contribution in [0.4, 0.5) is 0 Å². The highest BCUT2D eigenvalue weighted by atomic mass is 32.1. The molecule has 1 heterocycles. The molecule has 0 bridgehead atoms. The molecule has 2 rings (SSSR count). The van der Waals surface area contributed by atoms with Gasteiger partial charge >= 0.3 is 0 Å². The number of hydrogen-bond acceptors (Lipinski definition) is 3. The number of benzene rings is 1. The van der Waals surface area contributed by atoms with Crippen LogP contribution in [0.2, 0.25) is 0 Å². The third-order valence-electron chi connectivity index (χ3n) is 3.21. The Morgan fingerprint density at radius 2 is 1.94 bits per heavy atom. The number of aromatic nitrogens is 1. The molecule has 2 N–H and O–H groups in total. The van der Waals surface area contributed by atoms with Crippen LogP contribution in [-0.2, 0) is 12.8 Å². The zero-order chi connectivity index (χ0) is 13.1. The Hall–Kier alpha value is -1.19. The van der Waals surface area contributed by atoms with Gasteiger partial charge in [0.05, 0.1) is 10.7 Å². The van der Waals surface area contributed by atoms with Crippen molar-refractivity contribution in [3.05, 3.63) is 51.0 Å². The second-order valence-corrected chi connectivity index (χ2v) is 6.01. The zero-order valence-electron chi connectivity index (χ0n) is 11.2. The minimum atomic E-state index is 0.147. The van der Waals surface area contributed by atoms with Crippen molar-refractivity contribution in [3.8, 4) is 0 Å². The predicted octanol–water partition coefficient (Wildman–Crippen LogP) is 3.18. The summed E-state index contributed by atoms with van der Waals surface area (Å²) in [4.78, 5) is 4.46. The van der Waals surface area contributed by atoms with Gasteiger partial charge in [-0.15, -0.1) is 11.3 Å². The highest BCUT2D eigenvalue weighted by molar-refractivity contribution is 7.09. The number of thiazole rings is 1. The molecule has 2 nitrogen and oxygen atoms in total. The second kappa shape index (κ2) is 5.63. The van der Waals surface area contributed by atoms with Crippen LogP contribution in [0, 0.1) is 20.8 Å². The van der Waals surface area contributed by atoms with Gasteiger partial charge in [0.15, 0.2) is 0 Å². The maximum absolute atomic E-state index is 6.20. The number of aryl methyl sites for hydroxylation is 3. The lowest BCUT2D eigenvalue weighted by atomic mass is 9.99. The molecule has 0 amide bonds. The molecule has 0 saturated heterocycles. The molecular formula is C15H20N2S. The summed E-state index contributed by atoms with van der Waals surface area (Å²) >= 11 is 1.69. The fourth-order valence-corrected chi connectivity index (χ4v) is 2.70. The molecule has 0 aliphatic carbocycles. The largest absolute Gasteiger partial charge is 0.327 e. The molecule has 96 valence electrons. The normalized spacial score (nSPS) is 12.7. The third kappa shape index (κ3) is 3.40. The Morgan fingerprint density at radius 3 is 2.56 bits per heavy atom. The van der Waals surface area contributed by atoms with E-state index in [0.29, 0.717) is 0 Å². The maximum Gasteiger partial charge on any atom is 0.0897 e. The first kappa shape index (κ1) is 13.2. The predicted molar refractivity (Wildman–Crippen MR) is 78.2 cm³/mol. The van der Waals surface area contributed by atoms with Crippen LogP contribution in [0.25, 0.3) is 0 Å². The average Bonchev–Trinajstić information content (AvgIpc) is 2.69. The molecule has 1 atom stereocenters. The highest BCUT2D eigenvalue weighted by Gasteiger charge is 2.08. The zero-order valence-corrected chi connectivity index (χ0v) is 12.1. The fourth-order valence-electron chi connectivity index (χ4n) is 2.08. The quantitative estimate of drug-likeness (QED) is 0.917. The Kier molecular flexibility index (Phi) is 4.15. The van der Waals surface area contributed by atoms with Gasteiger partial charge in [-0.25, -0.2) is 4.98 Å². The van der Waals surface area contributed by atoms with E-state index < -0.39 is 0 Å². The van der Waals surface area contributed by atoms with Crippen LogP contribution in [0.3, 0.4) is 0 Å². The van der Waals surface area contributed by atoms with Crippen LogP contribution < -0.4 is 5.73 Å². The lowest BCUT2D eigenvalue weighted by molar-refractivity contribution is 0.655. The summed E-state index contributed by atoms with van der Waals surface area (Å²) in [5.41, 5.74) is 11.3. The fraction of sp³-hybridized carbons (Fsp3) is 0.400. The molecule has 0 aliphatic heterocycles. The van der Waals surface area contributed by atoms with Crippen molar-refractivity contribution in [3.63, 3.8) is 0 Å². The van der Waals surface area contributed by atoms with E-state index in [2.05, 4.69) is 42.4 Å². The molecule has 1 aromatic carbocycles. The smallest absolute Gasteiger partial charge is 0.0897 e. The van der Waals surface area contributed by atoms with Crippen molar-refractivity contribution >= 4 is 11.3 Å². The van der Waals surface area contributed by atoms with E-state index in [9.17, 15) is 0 Å². The van der Waals surface area contributed by atoms with E-state index in [1.165, 1.54) is 16.7 Å². The van der Waals surface area contributed by atoms with Crippen molar-refractivity contribution in [2.24, 2.45) is 5.73 Å². The first-order valence-corrected chi connectivity index (χ1v) is 7.15. The van der Waals surface area contributed by atoms with Gasteiger partial charge in [0, 0.05) is 17.8 Å². The summed E-state index contributed by atoms with van der Waals surface area (Å²) in [5, 5.41) is 3.22. The lowest BCUT2D eigenvalue weighted by Crippen LogP contribution is -2.25. The van der Waals surface area contributed by atoms with Gasteiger partial charge in [0.25, 0.3) is 0 Å². The van der Waals surface area contributed by atoms with Gasteiger partial charge in [-0.1, -0.05) is 18.2 Å². The molecular weight excluding hydrogens is 240 g/mol. The van der Waals surface area contributed by atoms with Crippen LogP contribution >= 0.6 is 11.3 Å². The number of rotatable bonds is 4. The molecule has 0 spiro atoms. The van der Waals surface area contributed by atoms with E-state index in [1.807, 2.05) is 6.92 Å². The van der Waals surface area contributed by atoms with Crippen molar-refractivity contribution in [1.82, 2.24) is 4.98 Å². The average molecular weight is 260 g/mol. The summed E-state index contributed by atoms with van der Waals surface area (Å²) in [5.74, 6) is 0. The molecule has 0 saturated carbocycles. The summed E-state index contributed by atoms with van der Waals surface area (Å²) in [6.07, 6.45) is 1.77. The number of nitrogens with two attached hydrogens (primary N) is 1. The van der Waals surface area contributed by atoms with E-state index in [-0.39, 0.29) is 6.04 Å². The molecule has 0 aliphatic rings. The molecule has 1 aromatic heterocycles. The van der Waals surface area contributed by atoms with Crippen molar-refractivity contribution in [2.45, 2.75) is 39.7 Å². The highest BCUT2D eigenvalue weighted by Crippen LogP contribution is 2.14. The Labute approximate surface area is 113 Å². The minimum Gasteiger partial charge on any atom is -0.327 e. The van der Waals surface area contributed by atoms with Crippen LogP contribution in [0.5, 0.6) is 0 Å². The third-order valence-corrected chi connectivity index (χ3v) is 4.03. The van der Waals surface area contributed by atoms with E-state index in [0.717, 1.165) is 23.5 Å². The van der Waals surface area contributed by atoms with Crippen LogP contribution in [-0.4, -0.2) is 11.0 Å². The molecule has 1 unspecified atom stereocenters. The van der Waals surface area contributed by atoms with Gasteiger partial charge in [0.2, 0.25) is 0 Å². The molecule has 3 heteroatoms. The Morgan fingerprint density at radius 1 is 1.17 bits per heavy atom. The van der Waals surface area contributed by atoms with Crippen LogP contribution in [0.15, 0.2) is 23.6 Å². The molecule has 0 radical (unpaired) electrons. The second-order valence-electron chi connectivity index (χ2n) is 4.94. The van der Waals surface area contributed by atoms with E-state index in [4.69, 9.17) is 5.73 Å². The van der Waals surface area contributed by atoms with Gasteiger partial charge in [0.1, 0.15) is 0 Å². The number of nitrogens with zero attached hydrogens (tertiary/aromatic N) is 1. The first-order chi connectivity index (χ1) is 8.54. The van der Waals surface area contributed by atoms with Crippen molar-refractivity contribution in [2.75, 3.05) is 0 Å². The topological polar surface area (TPSA) is 38.9 Å². The van der Waals surface area contributed by atoms with Crippen molar-refractivity contribution in [1.29, 1.82) is 0 Å². The minimum absolute atomic E-state index is 0.147. The Bertz CT molecular complexity index is 531. The summed E-state index contributed by atoms with van der Waals surface area (Å²) in [7, 11) is 0. The van der Waals surface area contributed by atoms with Crippen molar-refractivity contribution < 1.29 is 0 Å². The summed E-state index contributed by atoms with van der Waals surface area (Å²) in [6.45, 7) is 6.31. The molecule has 18 heavy (non-hydrogen) atoms. The van der Waals surface area contributed by atoms with Gasteiger partial charge < -0.3 is 5.73 Å². The number of hydrogen-bond donors (Lipinski definition) is 1. The first-order valence-electron chi connectivity index (χ1n) is 6.27. The summed E-state index contributed by atoms with van der Waals surface area (Å²) < 4.78 is 0. The molecule has 2 aromatic rings. The molecule has 0 fully saturated rings. The van der Waals surface area contributed by atoms with Gasteiger partial charge in [-0.2, -0.15) is 0 Å². The lowest BCUT2D eigenvalue weighted by Gasteiger charge is -2.11. The van der Waals surface area contributed by atoms with E-state index in [1.54, 1.807) is 11.3 Å². The van der Waals surface area contributed by atoms with Gasteiger partial charge in [-0.3, -0.25) is 0 Å². The van der Waals surface area contributed by atoms with E-state index >= 15 is 0 Å². The SMILES string of the molecule is Cc1nc(CC(N)Cc2ccc(C)c(C)c2)cs1.